The fraction of sp³-hybridized carbons (Fsp3) is 0.0417. The first-order valence-corrected chi connectivity index (χ1v) is 17.4. The zero-order valence-corrected chi connectivity index (χ0v) is 27.7. The highest BCUT2D eigenvalue weighted by molar-refractivity contribution is 5.90. The molecule has 238 valence electrons. The molecule has 2 nitrogen and oxygen atoms in total. The van der Waals surface area contributed by atoms with Gasteiger partial charge >= 0.3 is 0 Å². The molecule has 0 aromatic heterocycles. The van der Waals surface area contributed by atoms with E-state index in [0.29, 0.717) is 0 Å². The van der Waals surface area contributed by atoms with Crippen LogP contribution in [0.3, 0.4) is 0 Å². The van der Waals surface area contributed by atoms with Crippen molar-refractivity contribution in [2.75, 3.05) is 9.80 Å². The lowest BCUT2D eigenvalue weighted by molar-refractivity contribution is 0.745. The van der Waals surface area contributed by atoms with Gasteiger partial charge in [0.05, 0.1) is 11.7 Å². The van der Waals surface area contributed by atoms with Crippen LogP contribution in [0.5, 0.6) is 0 Å². The molecule has 1 aliphatic carbocycles. The molecule has 1 heterocycles. The van der Waals surface area contributed by atoms with Gasteiger partial charge in [-0.05, 0) is 88.0 Å². The molecule has 0 bridgehead atoms. The summed E-state index contributed by atoms with van der Waals surface area (Å²) in [5.74, 6) is 0.270. The van der Waals surface area contributed by atoms with Gasteiger partial charge in [0.2, 0.25) is 0 Å². The van der Waals surface area contributed by atoms with Crippen molar-refractivity contribution in [1.82, 2.24) is 0 Å². The molecule has 0 spiro atoms. The van der Waals surface area contributed by atoms with E-state index in [1.165, 1.54) is 50.3 Å². The van der Waals surface area contributed by atoms with Crippen molar-refractivity contribution in [3.8, 4) is 33.4 Å². The molecule has 0 N–H and O–H groups in total. The van der Waals surface area contributed by atoms with Crippen molar-refractivity contribution in [3.05, 3.63) is 212 Å². The summed E-state index contributed by atoms with van der Waals surface area (Å²) in [5, 5.41) is 0. The van der Waals surface area contributed by atoms with E-state index < -0.39 is 0 Å². The number of fused-ring (bicyclic) bond motifs is 3. The van der Waals surface area contributed by atoms with Gasteiger partial charge in [0.15, 0.2) is 0 Å². The number of rotatable bonds is 7. The van der Waals surface area contributed by atoms with Crippen LogP contribution in [-0.2, 0) is 0 Å². The van der Waals surface area contributed by atoms with Gasteiger partial charge in [-0.3, -0.25) is 0 Å². The highest BCUT2D eigenvalue weighted by Gasteiger charge is 2.37. The van der Waals surface area contributed by atoms with Crippen LogP contribution in [0.1, 0.15) is 11.5 Å². The SMILES string of the molecule is C1=CC2c3cc(-c4ccccc4N(c4ccccc4)c4ccc(-c5ccccc5)cc4)ccc3N(c3ccc(-c4ccccc4)cc3)C2C=C1. The molecule has 1 aliphatic heterocycles. The van der Waals surface area contributed by atoms with Crippen molar-refractivity contribution in [1.29, 1.82) is 0 Å². The Balaban J connectivity index is 1.12. The minimum absolute atomic E-state index is 0.229. The molecule has 2 atom stereocenters. The van der Waals surface area contributed by atoms with E-state index in [2.05, 4.69) is 216 Å². The van der Waals surface area contributed by atoms with E-state index >= 15 is 0 Å². The number of allylic oxidation sites excluding steroid dienone is 2. The zero-order chi connectivity index (χ0) is 33.3. The van der Waals surface area contributed by atoms with Crippen LogP contribution in [0.15, 0.2) is 206 Å². The Bertz CT molecular complexity index is 2310. The maximum Gasteiger partial charge on any atom is 0.0629 e. The van der Waals surface area contributed by atoms with Crippen molar-refractivity contribution in [2.45, 2.75) is 12.0 Å². The summed E-state index contributed by atoms with van der Waals surface area (Å²) in [6.07, 6.45) is 9.10. The van der Waals surface area contributed by atoms with Crippen molar-refractivity contribution in [2.24, 2.45) is 0 Å². The van der Waals surface area contributed by atoms with Gasteiger partial charge in [0.25, 0.3) is 0 Å². The molecule has 2 unspecified atom stereocenters. The van der Waals surface area contributed by atoms with Crippen molar-refractivity contribution in [3.63, 3.8) is 0 Å². The Morgan fingerprint density at radius 1 is 0.420 bits per heavy atom. The molecule has 2 aliphatic rings. The lowest BCUT2D eigenvalue weighted by atomic mass is 9.89. The summed E-state index contributed by atoms with van der Waals surface area (Å²) in [5.41, 5.74) is 14.5. The molecule has 0 saturated carbocycles. The van der Waals surface area contributed by atoms with Crippen LogP contribution in [0.2, 0.25) is 0 Å². The number of nitrogens with zero attached hydrogens (tertiary/aromatic N) is 2. The lowest BCUT2D eigenvalue weighted by Crippen LogP contribution is -2.28. The van der Waals surface area contributed by atoms with Gasteiger partial charge in [-0.1, -0.05) is 152 Å². The summed E-state index contributed by atoms with van der Waals surface area (Å²) in [6.45, 7) is 0. The summed E-state index contributed by atoms with van der Waals surface area (Å²) >= 11 is 0. The molecule has 0 radical (unpaired) electrons. The highest BCUT2D eigenvalue weighted by atomic mass is 15.2. The third kappa shape index (κ3) is 5.41. The van der Waals surface area contributed by atoms with Crippen LogP contribution < -0.4 is 9.80 Å². The second-order valence-electron chi connectivity index (χ2n) is 12.9. The summed E-state index contributed by atoms with van der Waals surface area (Å²) in [4.78, 5) is 4.89. The van der Waals surface area contributed by atoms with E-state index in [0.717, 1.165) is 17.1 Å². The second kappa shape index (κ2) is 12.9. The topological polar surface area (TPSA) is 6.48 Å². The largest absolute Gasteiger partial charge is 0.333 e. The van der Waals surface area contributed by atoms with E-state index in [1.807, 2.05) is 0 Å². The minimum atomic E-state index is 0.229. The van der Waals surface area contributed by atoms with E-state index in [1.54, 1.807) is 0 Å². The van der Waals surface area contributed by atoms with Crippen LogP contribution in [0, 0.1) is 0 Å². The van der Waals surface area contributed by atoms with Gasteiger partial charge in [-0.15, -0.1) is 0 Å². The molecular formula is C48H36N2. The normalized spacial score (nSPS) is 15.8. The van der Waals surface area contributed by atoms with Crippen LogP contribution in [-0.4, -0.2) is 6.04 Å². The first-order chi connectivity index (χ1) is 24.8. The zero-order valence-electron chi connectivity index (χ0n) is 27.7. The summed E-state index contributed by atoms with van der Waals surface area (Å²) in [6, 6.07) is 65.9. The number of anilines is 5. The smallest absolute Gasteiger partial charge is 0.0629 e. The molecule has 2 heteroatoms. The molecule has 7 aromatic rings. The van der Waals surface area contributed by atoms with Crippen molar-refractivity contribution >= 4 is 28.4 Å². The van der Waals surface area contributed by atoms with Gasteiger partial charge in [-0.25, -0.2) is 0 Å². The number of benzene rings is 7. The van der Waals surface area contributed by atoms with Gasteiger partial charge < -0.3 is 9.80 Å². The van der Waals surface area contributed by atoms with Gasteiger partial charge in [-0.2, -0.15) is 0 Å². The Labute approximate surface area is 294 Å². The van der Waals surface area contributed by atoms with Crippen molar-refractivity contribution < 1.29 is 0 Å². The first kappa shape index (κ1) is 29.7. The lowest BCUT2D eigenvalue weighted by Gasteiger charge is -2.29. The average Bonchev–Trinajstić information content (AvgIpc) is 3.53. The van der Waals surface area contributed by atoms with Crippen LogP contribution in [0.4, 0.5) is 28.4 Å². The quantitative estimate of drug-likeness (QED) is 0.171. The molecule has 0 fully saturated rings. The molecule has 50 heavy (non-hydrogen) atoms. The molecule has 9 rings (SSSR count). The average molecular weight is 641 g/mol. The summed E-state index contributed by atoms with van der Waals surface area (Å²) in [7, 11) is 0. The Hall–Kier alpha value is -6.38. The van der Waals surface area contributed by atoms with Crippen LogP contribution >= 0.6 is 0 Å². The fourth-order valence-corrected chi connectivity index (χ4v) is 7.61. The maximum atomic E-state index is 2.51. The third-order valence-electron chi connectivity index (χ3n) is 10.0. The fourth-order valence-electron chi connectivity index (χ4n) is 7.61. The Morgan fingerprint density at radius 3 is 1.62 bits per heavy atom. The molecular weight excluding hydrogens is 605 g/mol. The first-order valence-electron chi connectivity index (χ1n) is 17.4. The van der Waals surface area contributed by atoms with Gasteiger partial charge in [0, 0.05) is 34.2 Å². The van der Waals surface area contributed by atoms with E-state index in [-0.39, 0.29) is 12.0 Å². The Kier molecular flexibility index (Phi) is 7.68. The Morgan fingerprint density at radius 2 is 0.940 bits per heavy atom. The van der Waals surface area contributed by atoms with E-state index in [9.17, 15) is 0 Å². The maximum absolute atomic E-state index is 2.51. The monoisotopic (exact) mass is 640 g/mol. The minimum Gasteiger partial charge on any atom is -0.333 e. The number of hydrogen-bond acceptors (Lipinski definition) is 2. The molecule has 7 aromatic carbocycles. The predicted molar refractivity (Wildman–Crippen MR) is 211 cm³/mol. The van der Waals surface area contributed by atoms with Gasteiger partial charge in [0.1, 0.15) is 0 Å². The van der Waals surface area contributed by atoms with Crippen LogP contribution in [0.25, 0.3) is 33.4 Å². The molecule has 0 amide bonds. The number of hydrogen-bond donors (Lipinski definition) is 0. The standard InChI is InChI=1S/C48H36N2/c1-4-14-35(15-5-1)37-24-29-41(30-25-37)49(40-18-8-3-9-19-40)46-22-12-10-20-43(46)39-28-33-48-45(34-39)44-21-11-13-23-47(44)50(48)42-31-26-38(27-32-42)36-16-6-2-7-17-36/h1-34,44,47H. The predicted octanol–water partition coefficient (Wildman–Crippen LogP) is 12.9. The number of para-hydroxylation sites is 2. The third-order valence-corrected chi connectivity index (χ3v) is 10.0. The molecule has 0 saturated heterocycles. The second-order valence-corrected chi connectivity index (χ2v) is 12.9. The summed E-state index contributed by atoms with van der Waals surface area (Å²) < 4.78 is 0. The van der Waals surface area contributed by atoms with E-state index in [4.69, 9.17) is 0 Å². The highest BCUT2D eigenvalue weighted by Crippen LogP contribution is 2.50.